The van der Waals surface area contributed by atoms with Crippen LogP contribution in [-0.4, -0.2) is 155 Å². The van der Waals surface area contributed by atoms with E-state index in [1.165, 1.54) is 9.80 Å². The molecule has 2 aliphatic heterocycles. The van der Waals surface area contributed by atoms with Crippen molar-refractivity contribution in [1.82, 2.24) is 52.3 Å². The molecule has 2 aromatic rings. The molecule has 8 amide bonds. The summed E-state index contributed by atoms with van der Waals surface area (Å²) in [6, 6.07) is 9.74. The minimum atomic E-state index is -2.33. The van der Waals surface area contributed by atoms with Gasteiger partial charge in [-0.25, -0.2) is 0 Å². The van der Waals surface area contributed by atoms with Gasteiger partial charge in [0.1, 0.15) is 24.2 Å². The van der Waals surface area contributed by atoms with Crippen LogP contribution in [0.15, 0.2) is 60.7 Å². The monoisotopic (exact) mass is 977 g/mol. The van der Waals surface area contributed by atoms with Gasteiger partial charge in [-0.1, -0.05) is 102 Å². The topological polar surface area (TPSA) is 280 Å². The maximum absolute atomic E-state index is 14.4. The second-order valence-corrected chi connectivity index (χ2v) is 20.7. The first-order valence-electron chi connectivity index (χ1n) is 23.9. The third-order valence-electron chi connectivity index (χ3n) is 13.1. The van der Waals surface area contributed by atoms with Crippen molar-refractivity contribution in [1.29, 1.82) is 0 Å². The maximum atomic E-state index is 14.4. The number of aliphatic hydroxyl groups excluding tert-OH is 2. The van der Waals surface area contributed by atoms with Gasteiger partial charge in [0.25, 0.3) is 11.8 Å². The van der Waals surface area contributed by atoms with Crippen molar-refractivity contribution in [3.8, 4) is 0 Å². The fourth-order valence-corrected chi connectivity index (χ4v) is 8.42. The molecule has 4 rings (SSSR count). The SMILES string of the molecule is CN[C@@H](C)C(=O)N[C@H](C(=O)N1C[C@@H](NC(=O)[C@H](O)[C@@H](O)C(=O)N[C@H]2C[C@@H](C(=O)N[C@H](C)c3ccccc3)N(C(=O)[C@@H](NC(=O)[C@H](C)NC)C(C)(C)C)C2)C[C@H]1C(=O)N[C@H](C)c1ccccc1)C(C)(C)C. The first kappa shape index (κ1) is 56.6. The van der Waals surface area contributed by atoms with Crippen LogP contribution in [0.4, 0.5) is 0 Å². The second-order valence-electron chi connectivity index (χ2n) is 20.7. The Morgan fingerprint density at radius 1 is 0.514 bits per heavy atom. The number of hydrogen-bond acceptors (Lipinski definition) is 12. The quantitative estimate of drug-likeness (QED) is 0.0885. The molecule has 0 bridgehead atoms. The largest absolute Gasteiger partial charge is 0.380 e. The van der Waals surface area contributed by atoms with Gasteiger partial charge >= 0.3 is 0 Å². The van der Waals surface area contributed by atoms with Crippen LogP contribution >= 0.6 is 0 Å². The van der Waals surface area contributed by atoms with Gasteiger partial charge in [-0.15, -0.1) is 0 Å². The minimum Gasteiger partial charge on any atom is -0.380 e. The molecule has 2 saturated heterocycles. The van der Waals surface area contributed by atoms with Crippen molar-refractivity contribution < 1.29 is 48.6 Å². The Balaban J connectivity index is 1.53. The number of amides is 8. The van der Waals surface area contributed by atoms with E-state index < -0.39 is 131 Å². The van der Waals surface area contributed by atoms with Crippen LogP contribution in [0, 0.1) is 10.8 Å². The Bertz CT molecular complexity index is 2020. The van der Waals surface area contributed by atoms with Crippen LogP contribution in [-0.2, 0) is 38.4 Å². The van der Waals surface area contributed by atoms with Gasteiger partial charge < -0.3 is 62.5 Å². The van der Waals surface area contributed by atoms with E-state index in [-0.39, 0.29) is 25.9 Å². The molecule has 20 nitrogen and oxygen atoms in total. The number of aliphatic hydroxyl groups is 2. The van der Waals surface area contributed by atoms with Gasteiger partial charge in [0, 0.05) is 25.2 Å². The number of likely N-dealkylation sites (tertiary alicyclic amines) is 2. The molecule has 2 fully saturated rings. The van der Waals surface area contributed by atoms with Crippen molar-refractivity contribution in [3.63, 3.8) is 0 Å². The third kappa shape index (κ3) is 14.6. The molecule has 0 saturated carbocycles. The van der Waals surface area contributed by atoms with E-state index in [0.717, 1.165) is 11.1 Å². The number of nitrogens with zero attached hydrogens (tertiary/aromatic N) is 2. The molecule has 2 heterocycles. The molecule has 0 aromatic heterocycles. The smallest absolute Gasteiger partial charge is 0.252 e. The van der Waals surface area contributed by atoms with E-state index in [2.05, 4.69) is 42.5 Å². The average molecular weight is 977 g/mol. The number of likely N-dealkylation sites (N-methyl/N-ethyl adjacent to an activating group) is 2. The predicted octanol–water partition coefficient (Wildman–Crippen LogP) is -0.0880. The highest BCUT2D eigenvalue weighted by atomic mass is 16.3. The summed E-state index contributed by atoms with van der Waals surface area (Å²) in [6.45, 7) is 17.0. The lowest BCUT2D eigenvalue weighted by Gasteiger charge is -2.36. The van der Waals surface area contributed by atoms with Gasteiger partial charge in [-0.3, -0.25) is 38.4 Å². The molecular formula is C50H76N10O10. The highest BCUT2D eigenvalue weighted by molar-refractivity contribution is 5.96. The molecule has 386 valence electrons. The summed E-state index contributed by atoms with van der Waals surface area (Å²) in [5.41, 5.74) is -0.0365. The zero-order valence-corrected chi connectivity index (χ0v) is 42.6. The first-order chi connectivity index (χ1) is 32.7. The molecule has 10 N–H and O–H groups in total. The van der Waals surface area contributed by atoms with Crippen LogP contribution in [0.5, 0.6) is 0 Å². The molecule has 0 radical (unpaired) electrons. The summed E-state index contributed by atoms with van der Waals surface area (Å²) in [7, 11) is 3.20. The number of benzene rings is 2. The van der Waals surface area contributed by atoms with E-state index in [0.29, 0.717) is 0 Å². The summed E-state index contributed by atoms with van der Waals surface area (Å²) in [5.74, 6) is -5.45. The minimum absolute atomic E-state index is 0.111. The summed E-state index contributed by atoms with van der Waals surface area (Å²) < 4.78 is 0. The van der Waals surface area contributed by atoms with Gasteiger partial charge in [0.2, 0.25) is 35.4 Å². The normalized spacial score (nSPS) is 21.7. The highest BCUT2D eigenvalue weighted by Crippen LogP contribution is 2.29. The third-order valence-corrected chi connectivity index (χ3v) is 13.1. The summed E-state index contributed by atoms with van der Waals surface area (Å²) >= 11 is 0. The molecule has 0 spiro atoms. The van der Waals surface area contributed by atoms with Gasteiger partial charge in [-0.2, -0.15) is 0 Å². The van der Waals surface area contributed by atoms with E-state index in [9.17, 15) is 48.6 Å². The molecule has 20 heteroatoms. The first-order valence-corrected chi connectivity index (χ1v) is 23.9. The maximum Gasteiger partial charge on any atom is 0.252 e. The summed E-state index contributed by atoms with van der Waals surface area (Å²) in [6.07, 6.45) is -4.89. The number of carbonyl (C=O) groups is 8. The average Bonchev–Trinajstić information content (AvgIpc) is 3.95. The fourth-order valence-electron chi connectivity index (χ4n) is 8.42. The lowest BCUT2D eigenvalue weighted by atomic mass is 9.85. The van der Waals surface area contributed by atoms with Crippen molar-refractivity contribution in [3.05, 3.63) is 71.8 Å². The molecule has 0 aliphatic carbocycles. The molecule has 2 aromatic carbocycles. The molecule has 0 unspecified atom stereocenters. The van der Waals surface area contributed by atoms with E-state index in [4.69, 9.17) is 0 Å². The second kappa shape index (κ2) is 24.2. The Kier molecular flexibility index (Phi) is 19.6. The Labute approximate surface area is 411 Å². The van der Waals surface area contributed by atoms with Crippen LogP contribution in [0.25, 0.3) is 0 Å². The Hall–Kier alpha value is -5.96. The van der Waals surface area contributed by atoms with E-state index in [1.54, 1.807) is 83.3 Å². The zero-order chi connectivity index (χ0) is 52.4. The zero-order valence-electron chi connectivity index (χ0n) is 42.6. The van der Waals surface area contributed by atoms with Crippen LogP contribution in [0.2, 0.25) is 0 Å². The van der Waals surface area contributed by atoms with Crippen LogP contribution in [0.1, 0.15) is 105 Å². The van der Waals surface area contributed by atoms with Crippen molar-refractivity contribution in [2.24, 2.45) is 10.8 Å². The fraction of sp³-hybridized carbons (Fsp3) is 0.600. The predicted molar refractivity (Wildman–Crippen MR) is 262 cm³/mol. The molecule has 70 heavy (non-hydrogen) atoms. The van der Waals surface area contributed by atoms with Gasteiger partial charge in [-0.05, 0) is 76.6 Å². The standard InChI is InChI=1S/C50H76N10O10/c1-27(31-19-15-13-16-20-31)53-43(65)35-23-33(25-59(35)47(69)39(49(5,6)7)57-41(63)29(3)51-11)55-45(67)37(61)38(62)46(68)56-34-24-36(44(66)54-28(2)32-21-17-14-18-22-32)60(26-34)48(70)40(50(8,9)10)58-42(64)30(4)52-12/h13-22,27-30,33-40,51-52,61-62H,23-26H2,1-12H3,(H,53,65)(H,54,66)(H,55,67)(H,56,68)(H,57,63)(H,58,64)/t27-,28-,29+,30+,33+,34+,35+,36+,37-,38-,39-,40-/m1/s1. The van der Waals surface area contributed by atoms with Crippen molar-refractivity contribution in [2.45, 2.75) is 155 Å². The van der Waals surface area contributed by atoms with Crippen molar-refractivity contribution >= 4 is 47.3 Å². The number of nitrogens with one attached hydrogen (secondary N) is 8. The summed E-state index contributed by atoms with van der Waals surface area (Å²) in [5, 5.41) is 44.7. The number of hydrogen-bond donors (Lipinski definition) is 10. The highest BCUT2D eigenvalue weighted by Gasteiger charge is 2.48. The lowest BCUT2D eigenvalue weighted by Crippen LogP contribution is -2.60. The van der Waals surface area contributed by atoms with Crippen LogP contribution < -0.4 is 42.5 Å². The Morgan fingerprint density at radius 2 is 0.829 bits per heavy atom. The number of carbonyl (C=O) groups excluding carboxylic acids is 8. The number of rotatable bonds is 19. The molecule has 2 aliphatic rings. The van der Waals surface area contributed by atoms with Crippen LogP contribution in [0.3, 0.4) is 0 Å². The molecular weight excluding hydrogens is 901 g/mol. The van der Waals surface area contributed by atoms with Gasteiger partial charge in [0.15, 0.2) is 12.2 Å². The van der Waals surface area contributed by atoms with Gasteiger partial charge in [0.05, 0.1) is 24.2 Å². The van der Waals surface area contributed by atoms with E-state index in [1.807, 2.05) is 60.7 Å². The molecule has 12 atom stereocenters. The Morgan fingerprint density at radius 3 is 1.11 bits per heavy atom. The van der Waals surface area contributed by atoms with Crippen molar-refractivity contribution in [2.75, 3.05) is 27.2 Å². The van der Waals surface area contributed by atoms with E-state index >= 15 is 0 Å². The lowest BCUT2D eigenvalue weighted by molar-refractivity contribution is -0.147. The summed E-state index contributed by atoms with van der Waals surface area (Å²) in [4.78, 5) is 113.